The van der Waals surface area contributed by atoms with Crippen molar-refractivity contribution in [1.82, 2.24) is 14.8 Å². The normalized spacial score (nSPS) is 10.7. The summed E-state index contributed by atoms with van der Waals surface area (Å²) in [5.74, 6) is 0.567. The summed E-state index contributed by atoms with van der Waals surface area (Å²) in [5.41, 5.74) is 1.06. The molecule has 1 amide bonds. The number of carbonyl (C=O) groups excluding carboxylic acids is 2. The molecule has 0 fully saturated rings. The molecule has 0 unspecified atom stereocenters. The zero-order valence-electron chi connectivity index (χ0n) is 17.4. The zero-order chi connectivity index (χ0) is 22.5. The lowest BCUT2D eigenvalue weighted by Gasteiger charge is -2.09. The van der Waals surface area contributed by atoms with Crippen LogP contribution in [-0.2, 0) is 16.6 Å². The number of thiophene rings is 1. The summed E-state index contributed by atoms with van der Waals surface area (Å²) in [4.78, 5) is 25.5. The van der Waals surface area contributed by atoms with Gasteiger partial charge in [-0.3, -0.25) is 4.79 Å². The predicted octanol–water partition coefficient (Wildman–Crippen LogP) is 4.42. The first kappa shape index (κ1) is 23.1. The average Bonchev–Trinajstić information content (AvgIpc) is 3.28. The van der Waals surface area contributed by atoms with Crippen LogP contribution in [0.15, 0.2) is 29.4 Å². The third-order valence-electron chi connectivity index (χ3n) is 4.17. The lowest BCUT2D eigenvalue weighted by Crippen LogP contribution is -2.16. The first-order chi connectivity index (χ1) is 14.8. The first-order valence-electron chi connectivity index (χ1n) is 9.27. The largest absolute Gasteiger partial charge is 0.496 e. The van der Waals surface area contributed by atoms with E-state index in [1.807, 2.05) is 6.92 Å². The molecule has 0 aliphatic heterocycles. The van der Waals surface area contributed by atoms with E-state index in [2.05, 4.69) is 15.5 Å². The molecule has 1 aromatic carbocycles. The smallest absolute Gasteiger partial charge is 0.341 e. The topological polar surface area (TPSA) is 95.3 Å². The van der Waals surface area contributed by atoms with Gasteiger partial charge in [0.1, 0.15) is 10.8 Å². The van der Waals surface area contributed by atoms with E-state index in [9.17, 15) is 9.59 Å². The number of esters is 1. The second-order valence-electron chi connectivity index (χ2n) is 6.37. The summed E-state index contributed by atoms with van der Waals surface area (Å²) >= 11 is 8.67. The summed E-state index contributed by atoms with van der Waals surface area (Å²) in [6.45, 7) is 3.87. The molecule has 0 aliphatic carbocycles. The molecule has 1 N–H and O–H groups in total. The molecule has 3 rings (SSSR count). The number of ether oxygens (including phenoxy) is 2. The molecule has 0 radical (unpaired) electrons. The molecular formula is C20H21ClN4O4S2. The number of aryl methyl sites for hydroxylation is 1. The van der Waals surface area contributed by atoms with E-state index in [0.717, 1.165) is 4.88 Å². The minimum absolute atomic E-state index is 0.0951. The maximum absolute atomic E-state index is 12.5. The number of thioether (sulfide) groups is 1. The van der Waals surface area contributed by atoms with Crippen molar-refractivity contribution in [3.8, 4) is 17.1 Å². The Balaban J connectivity index is 1.70. The van der Waals surface area contributed by atoms with E-state index in [4.69, 9.17) is 21.1 Å². The van der Waals surface area contributed by atoms with Crippen molar-refractivity contribution in [2.75, 3.05) is 24.8 Å². The summed E-state index contributed by atoms with van der Waals surface area (Å²) in [5, 5.41) is 12.8. The summed E-state index contributed by atoms with van der Waals surface area (Å²) in [7, 11) is 3.37. The number of amides is 1. The SMILES string of the molecule is CCOC(=O)c1cc(C)sc1NC(=O)CSc1nnc(-c2cc(Cl)ccc2OC)n1C. The van der Waals surface area contributed by atoms with Crippen LogP contribution in [0.2, 0.25) is 5.02 Å². The van der Waals surface area contributed by atoms with E-state index < -0.39 is 5.97 Å². The second kappa shape index (κ2) is 10.2. The van der Waals surface area contributed by atoms with Crippen molar-refractivity contribution in [2.45, 2.75) is 19.0 Å². The molecule has 0 spiro atoms. The Kier molecular flexibility index (Phi) is 7.58. The van der Waals surface area contributed by atoms with E-state index in [0.29, 0.717) is 37.9 Å². The number of nitrogens with zero attached hydrogens (tertiary/aromatic N) is 3. The zero-order valence-corrected chi connectivity index (χ0v) is 19.8. The fourth-order valence-corrected chi connectivity index (χ4v) is 4.59. The van der Waals surface area contributed by atoms with Gasteiger partial charge < -0.3 is 19.4 Å². The molecule has 0 saturated carbocycles. The minimum Gasteiger partial charge on any atom is -0.496 e. The van der Waals surface area contributed by atoms with Gasteiger partial charge in [0.15, 0.2) is 11.0 Å². The van der Waals surface area contributed by atoms with Crippen molar-refractivity contribution < 1.29 is 19.1 Å². The monoisotopic (exact) mass is 480 g/mol. The number of rotatable bonds is 8. The fraction of sp³-hybridized carbons (Fsp3) is 0.300. The summed E-state index contributed by atoms with van der Waals surface area (Å²) < 4.78 is 12.2. The maximum atomic E-state index is 12.5. The van der Waals surface area contributed by atoms with Gasteiger partial charge >= 0.3 is 5.97 Å². The Hall–Kier alpha value is -2.56. The van der Waals surface area contributed by atoms with Crippen LogP contribution in [0.1, 0.15) is 22.2 Å². The van der Waals surface area contributed by atoms with Crippen LogP contribution in [0.4, 0.5) is 5.00 Å². The van der Waals surface area contributed by atoms with Crippen LogP contribution >= 0.6 is 34.7 Å². The van der Waals surface area contributed by atoms with Gasteiger partial charge in [0, 0.05) is 16.9 Å². The average molecular weight is 481 g/mol. The van der Waals surface area contributed by atoms with Gasteiger partial charge in [-0.05, 0) is 38.1 Å². The van der Waals surface area contributed by atoms with Crippen molar-refractivity contribution in [2.24, 2.45) is 7.05 Å². The Morgan fingerprint density at radius 1 is 1.29 bits per heavy atom. The van der Waals surface area contributed by atoms with Crippen LogP contribution in [0.25, 0.3) is 11.4 Å². The van der Waals surface area contributed by atoms with E-state index in [1.54, 1.807) is 49.9 Å². The highest BCUT2D eigenvalue weighted by Crippen LogP contribution is 2.33. The van der Waals surface area contributed by atoms with Gasteiger partial charge in [-0.2, -0.15) is 0 Å². The number of anilines is 1. The number of halogens is 1. The Labute approximate surface area is 192 Å². The van der Waals surface area contributed by atoms with Crippen molar-refractivity contribution in [1.29, 1.82) is 0 Å². The molecule has 2 heterocycles. The van der Waals surface area contributed by atoms with Crippen LogP contribution in [0.5, 0.6) is 5.75 Å². The lowest BCUT2D eigenvalue weighted by molar-refractivity contribution is -0.113. The van der Waals surface area contributed by atoms with Crippen LogP contribution < -0.4 is 10.1 Å². The van der Waals surface area contributed by atoms with Crippen molar-refractivity contribution in [3.63, 3.8) is 0 Å². The third-order valence-corrected chi connectivity index (χ3v) is 6.39. The van der Waals surface area contributed by atoms with E-state index in [1.165, 1.54) is 23.1 Å². The molecule has 0 saturated heterocycles. The van der Waals surface area contributed by atoms with Gasteiger partial charge in [-0.15, -0.1) is 21.5 Å². The van der Waals surface area contributed by atoms with Crippen molar-refractivity contribution in [3.05, 3.63) is 39.7 Å². The highest BCUT2D eigenvalue weighted by Gasteiger charge is 2.20. The summed E-state index contributed by atoms with van der Waals surface area (Å²) in [6.07, 6.45) is 0. The number of methoxy groups -OCH3 is 1. The van der Waals surface area contributed by atoms with E-state index in [-0.39, 0.29) is 18.3 Å². The third kappa shape index (κ3) is 5.38. The second-order valence-corrected chi connectivity index (χ2v) is 9.00. The lowest BCUT2D eigenvalue weighted by atomic mass is 10.2. The Morgan fingerprint density at radius 2 is 2.06 bits per heavy atom. The standard InChI is InChI=1S/C20H21ClN4O4S2/c1-5-29-19(27)14-8-11(2)31-18(14)22-16(26)10-30-20-24-23-17(25(20)3)13-9-12(21)6-7-15(13)28-4/h6-9H,5,10H2,1-4H3,(H,22,26). The fourth-order valence-electron chi connectivity index (χ4n) is 2.79. The van der Waals surface area contributed by atoms with Gasteiger partial charge in [0.05, 0.1) is 30.6 Å². The highest BCUT2D eigenvalue weighted by molar-refractivity contribution is 7.99. The molecule has 8 nitrogen and oxygen atoms in total. The van der Waals surface area contributed by atoms with Crippen LogP contribution in [0.3, 0.4) is 0 Å². The quantitative estimate of drug-likeness (QED) is 0.376. The molecular weight excluding hydrogens is 460 g/mol. The summed E-state index contributed by atoms with van der Waals surface area (Å²) in [6, 6.07) is 6.95. The number of carbonyl (C=O) groups is 2. The molecule has 0 bridgehead atoms. The Morgan fingerprint density at radius 3 is 2.77 bits per heavy atom. The molecule has 164 valence electrons. The van der Waals surface area contributed by atoms with Gasteiger partial charge in [-0.25, -0.2) is 4.79 Å². The van der Waals surface area contributed by atoms with Crippen LogP contribution in [-0.4, -0.2) is 46.1 Å². The van der Waals surface area contributed by atoms with E-state index >= 15 is 0 Å². The number of benzene rings is 1. The first-order valence-corrected chi connectivity index (χ1v) is 11.5. The molecule has 0 atom stereocenters. The van der Waals surface area contributed by atoms with Gasteiger partial charge in [0.2, 0.25) is 5.91 Å². The van der Waals surface area contributed by atoms with Gasteiger partial charge in [-0.1, -0.05) is 23.4 Å². The molecule has 11 heteroatoms. The molecule has 3 aromatic rings. The number of hydrogen-bond acceptors (Lipinski definition) is 8. The maximum Gasteiger partial charge on any atom is 0.341 e. The minimum atomic E-state index is -0.455. The number of aromatic nitrogens is 3. The molecule has 31 heavy (non-hydrogen) atoms. The van der Waals surface area contributed by atoms with Crippen LogP contribution in [0, 0.1) is 6.92 Å². The highest BCUT2D eigenvalue weighted by atomic mass is 35.5. The Bertz CT molecular complexity index is 1110. The number of hydrogen-bond donors (Lipinski definition) is 1. The predicted molar refractivity (Wildman–Crippen MR) is 122 cm³/mol. The molecule has 2 aromatic heterocycles. The van der Waals surface area contributed by atoms with Gasteiger partial charge in [0.25, 0.3) is 0 Å². The molecule has 0 aliphatic rings. The number of nitrogens with one attached hydrogen (secondary N) is 1. The van der Waals surface area contributed by atoms with Crippen molar-refractivity contribution >= 4 is 51.6 Å².